The molecule has 1 aliphatic rings. The lowest BCUT2D eigenvalue weighted by Crippen LogP contribution is -2.29. The van der Waals surface area contributed by atoms with Crippen LogP contribution in [0.1, 0.15) is 24.0 Å². The molecule has 0 unspecified atom stereocenters. The Kier molecular flexibility index (Phi) is 4.64. The van der Waals surface area contributed by atoms with Crippen LogP contribution >= 0.6 is 38.5 Å². The molecular weight excluding hydrogens is 441 g/mol. The molecule has 2 nitrogen and oxygen atoms in total. The molecule has 2 aromatic rings. The second-order valence-corrected chi connectivity index (χ2v) is 7.39. The van der Waals surface area contributed by atoms with E-state index in [4.69, 9.17) is 0 Å². The molecule has 108 valence electrons. The molecule has 0 saturated carbocycles. The summed E-state index contributed by atoms with van der Waals surface area (Å²) in [7, 11) is 0. The van der Waals surface area contributed by atoms with Crippen molar-refractivity contribution in [3.63, 3.8) is 0 Å². The number of hydrogen-bond acceptors (Lipinski definition) is 1. The SMILES string of the molecule is O=C1CCCc2cc(I)ccc2N1Cc1ccc(Br)cc1. The molecule has 1 heterocycles. The van der Waals surface area contributed by atoms with Gasteiger partial charge >= 0.3 is 0 Å². The minimum absolute atomic E-state index is 0.220. The fraction of sp³-hybridized carbons (Fsp3) is 0.235. The van der Waals surface area contributed by atoms with Gasteiger partial charge in [0.1, 0.15) is 0 Å². The first-order valence-electron chi connectivity index (χ1n) is 6.97. The van der Waals surface area contributed by atoms with Gasteiger partial charge in [0.25, 0.3) is 0 Å². The number of carbonyl (C=O) groups is 1. The fourth-order valence-electron chi connectivity index (χ4n) is 2.66. The first-order chi connectivity index (χ1) is 10.1. The molecule has 0 atom stereocenters. The van der Waals surface area contributed by atoms with Crippen LogP contribution in [0, 0.1) is 3.57 Å². The van der Waals surface area contributed by atoms with Gasteiger partial charge in [-0.2, -0.15) is 0 Å². The molecule has 1 aliphatic heterocycles. The van der Waals surface area contributed by atoms with Crippen LogP contribution in [-0.2, 0) is 17.8 Å². The van der Waals surface area contributed by atoms with Gasteiger partial charge in [0.05, 0.1) is 6.54 Å². The molecule has 2 aromatic carbocycles. The number of fused-ring (bicyclic) bond motifs is 1. The van der Waals surface area contributed by atoms with Crippen molar-refractivity contribution >= 4 is 50.1 Å². The summed E-state index contributed by atoms with van der Waals surface area (Å²) in [5.74, 6) is 0.220. The highest BCUT2D eigenvalue weighted by Crippen LogP contribution is 2.30. The first-order valence-corrected chi connectivity index (χ1v) is 8.84. The predicted molar refractivity (Wildman–Crippen MR) is 97.4 cm³/mol. The molecule has 1 amide bonds. The van der Waals surface area contributed by atoms with Crippen LogP contribution in [0.5, 0.6) is 0 Å². The zero-order valence-corrected chi connectivity index (χ0v) is 15.2. The molecule has 0 N–H and O–H groups in total. The van der Waals surface area contributed by atoms with Crippen molar-refractivity contribution in [2.24, 2.45) is 0 Å². The standard InChI is InChI=1S/C17H15BrINO/c18-14-6-4-12(5-7-14)11-20-16-9-8-15(19)10-13(16)2-1-3-17(20)21/h4-10H,1-3,11H2. The zero-order valence-electron chi connectivity index (χ0n) is 11.5. The molecule has 0 spiro atoms. The fourth-order valence-corrected chi connectivity index (χ4v) is 3.48. The van der Waals surface area contributed by atoms with E-state index in [0.29, 0.717) is 13.0 Å². The van der Waals surface area contributed by atoms with Gasteiger partial charge in [0.2, 0.25) is 5.91 Å². The molecule has 0 fully saturated rings. The predicted octanol–water partition coefficient (Wildman–Crippen LogP) is 4.92. The lowest BCUT2D eigenvalue weighted by Gasteiger charge is -2.23. The maximum absolute atomic E-state index is 12.4. The molecule has 0 aromatic heterocycles. The molecule has 0 bridgehead atoms. The number of nitrogens with zero attached hydrogens (tertiary/aromatic N) is 1. The minimum atomic E-state index is 0.220. The Bertz CT molecular complexity index is 669. The number of carbonyl (C=O) groups excluding carboxylic acids is 1. The van der Waals surface area contributed by atoms with Crippen LogP contribution in [0.15, 0.2) is 46.9 Å². The van der Waals surface area contributed by atoms with Gasteiger partial charge in [-0.05, 0) is 76.9 Å². The summed E-state index contributed by atoms with van der Waals surface area (Å²) in [5, 5.41) is 0. The molecule has 4 heteroatoms. The van der Waals surface area contributed by atoms with Crippen LogP contribution in [0.3, 0.4) is 0 Å². The Hall–Kier alpha value is -0.880. The smallest absolute Gasteiger partial charge is 0.227 e. The lowest BCUT2D eigenvalue weighted by molar-refractivity contribution is -0.118. The first kappa shape index (κ1) is 15.0. The number of benzene rings is 2. The highest BCUT2D eigenvalue weighted by atomic mass is 127. The molecule has 0 aliphatic carbocycles. The van der Waals surface area contributed by atoms with Gasteiger partial charge in [-0.25, -0.2) is 0 Å². The molecule has 0 saturated heterocycles. The van der Waals surface area contributed by atoms with Gasteiger partial charge in [-0.1, -0.05) is 28.1 Å². The third-order valence-electron chi connectivity index (χ3n) is 3.72. The number of halogens is 2. The average Bonchev–Trinajstić information content (AvgIpc) is 2.61. The maximum Gasteiger partial charge on any atom is 0.227 e. The van der Waals surface area contributed by atoms with E-state index >= 15 is 0 Å². The van der Waals surface area contributed by atoms with Crippen LogP contribution in [0.25, 0.3) is 0 Å². The number of anilines is 1. The summed E-state index contributed by atoms with van der Waals surface area (Å²) in [4.78, 5) is 14.4. The normalized spacial score (nSPS) is 14.8. The van der Waals surface area contributed by atoms with E-state index in [-0.39, 0.29) is 5.91 Å². The van der Waals surface area contributed by atoms with Crippen molar-refractivity contribution < 1.29 is 4.79 Å². The highest BCUT2D eigenvalue weighted by Gasteiger charge is 2.22. The minimum Gasteiger partial charge on any atom is -0.308 e. The summed E-state index contributed by atoms with van der Waals surface area (Å²) in [6.07, 6.45) is 2.54. The van der Waals surface area contributed by atoms with E-state index in [1.54, 1.807) is 0 Å². The van der Waals surface area contributed by atoms with Gasteiger partial charge < -0.3 is 4.90 Å². The quantitative estimate of drug-likeness (QED) is 0.588. The summed E-state index contributed by atoms with van der Waals surface area (Å²) in [6.45, 7) is 0.639. The zero-order chi connectivity index (χ0) is 14.8. The summed E-state index contributed by atoms with van der Waals surface area (Å²) < 4.78 is 2.28. The van der Waals surface area contributed by atoms with Gasteiger partial charge in [-0.3, -0.25) is 4.79 Å². The Labute approximate surface area is 146 Å². The molecular formula is C17H15BrINO. The van der Waals surface area contributed by atoms with Crippen molar-refractivity contribution in [2.45, 2.75) is 25.8 Å². The lowest BCUT2D eigenvalue weighted by atomic mass is 10.1. The maximum atomic E-state index is 12.4. The Morgan fingerprint density at radius 1 is 1.10 bits per heavy atom. The second kappa shape index (κ2) is 6.48. The monoisotopic (exact) mass is 455 g/mol. The van der Waals surface area contributed by atoms with E-state index in [2.05, 4.69) is 68.9 Å². The Morgan fingerprint density at radius 3 is 2.62 bits per heavy atom. The Morgan fingerprint density at radius 2 is 1.86 bits per heavy atom. The number of rotatable bonds is 2. The van der Waals surface area contributed by atoms with Gasteiger partial charge in [0, 0.05) is 20.2 Å². The van der Waals surface area contributed by atoms with E-state index in [0.717, 1.165) is 28.6 Å². The number of aryl methyl sites for hydroxylation is 1. The van der Waals surface area contributed by atoms with Crippen molar-refractivity contribution in [3.8, 4) is 0 Å². The van der Waals surface area contributed by atoms with Crippen molar-refractivity contribution in [1.29, 1.82) is 0 Å². The van der Waals surface area contributed by atoms with Crippen LogP contribution in [0.2, 0.25) is 0 Å². The van der Waals surface area contributed by atoms with E-state index in [1.165, 1.54) is 9.13 Å². The van der Waals surface area contributed by atoms with Crippen LogP contribution < -0.4 is 4.90 Å². The summed E-state index contributed by atoms with van der Waals surface area (Å²) in [6, 6.07) is 14.5. The molecule has 0 radical (unpaired) electrons. The summed E-state index contributed by atoms with van der Waals surface area (Å²) in [5.41, 5.74) is 3.50. The van der Waals surface area contributed by atoms with Crippen LogP contribution in [-0.4, -0.2) is 5.91 Å². The second-order valence-electron chi connectivity index (χ2n) is 5.23. The molecule has 21 heavy (non-hydrogen) atoms. The number of amides is 1. The Balaban J connectivity index is 1.95. The highest BCUT2D eigenvalue weighted by molar-refractivity contribution is 14.1. The summed E-state index contributed by atoms with van der Waals surface area (Å²) >= 11 is 5.78. The average molecular weight is 456 g/mol. The van der Waals surface area contributed by atoms with Crippen LogP contribution in [0.4, 0.5) is 5.69 Å². The van der Waals surface area contributed by atoms with Crippen molar-refractivity contribution in [3.05, 3.63) is 61.6 Å². The van der Waals surface area contributed by atoms with E-state index < -0.39 is 0 Å². The third-order valence-corrected chi connectivity index (χ3v) is 4.92. The van der Waals surface area contributed by atoms with E-state index in [9.17, 15) is 4.79 Å². The van der Waals surface area contributed by atoms with Crippen molar-refractivity contribution in [2.75, 3.05) is 4.90 Å². The van der Waals surface area contributed by atoms with Gasteiger partial charge in [-0.15, -0.1) is 0 Å². The molecule has 3 rings (SSSR count). The number of hydrogen-bond donors (Lipinski definition) is 0. The largest absolute Gasteiger partial charge is 0.308 e. The van der Waals surface area contributed by atoms with Gasteiger partial charge in [0.15, 0.2) is 0 Å². The van der Waals surface area contributed by atoms with E-state index in [1.807, 2.05) is 17.0 Å². The third kappa shape index (κ3) is 3.48. The van der Waals surface area contributed by atoms with Crippen molar-refractivity contribution in [1.82, 2.24) is 0 Å². The topological polar surface area (TPSA) is 20.3 Å².